The van der Waals surface area contributed by atoms with Crippen molar-refractivity contribution in [2.45, 2.75) is 18.9 Å². The molecule has 9 heteroatoms. The van der Waals surface area contributed by atoms with Gasteiger partial charge in [0.15, 0.2) is 14.9 Å². The molecule has 0 atom stereocenters. The summed E-state index contributed by atoms with van der Waals surface area (Å²) in [5, 5.41) is 9.66. The highest BCUT2D eigenvalue weighted by Crippen LogP contribution is 2.30. The van der Waals surface area contributed by atoms with E-state index in [1.807, 2.05) is 26.0 Å². The van der Waals surface area contributed by atoms with Crippen molar-refractivity contribution >= 4 is 27.4 Å². The molecule has 0 amide bonds. The Kier molecular flexibility index (Phi) is 4.17. The van der Waals surface area contributed by atoms with Crippen LogP contribution in [-0.2, 0) is 9.84 Å². The largest absolute Gasteiger partial charge is 0.368 e. The van der Waals surface area contributed by atoms with Crippen LogP contribution < -0.4 is 11.1 Å². The quantitative estimate of drug-likeness (QED) is 0.652. The lowest BCUT2D eigenvalue weighted by Gasteiger charge is -2.13. The van der Waals surface area contributed by atoms with Crippen LogP contribution in [0.1, 0.15) is 11.1 Å². The van der Waals surface area contributed by atoms with Gasteiger partial charge < -0.3 is 11.1 Å². The van der Waals surface area contributed by atoms with E-state index in [9.17, 15) is 8.42 Å². The van der Waals surface area contributed by atoms with Gasteiger partial charge in [-0.15, -0.1) is 5.10 Å². The van der Waals surface area contributed by atoms with Gasteiger partial charge in [0.25, 0.3) is 0 Å². The molecule has 2 aromatic heterocycles. The number of aryl methyl sites for hydroxylation is 2. The summed E-state index contributed by atoms with van der Waals surface area (Å²) in [5.41, 5.74) is 10.2. The van der Waals surface area contributed by atoms with Gasteiger partial charge in [0.05, 0.1) is 0 Å². The molecule has 25 heavy (non-hydrogen) atoms. The average molecular weight is 358 g/mol. The summed E-state index contributed by atoms with van der Waals surface area (Å²) in [7, 11) is -3.31. The minimum Gasteiger partial charge on any atom is -0.368 e. The van der Waals surface area contributed by atoms with Crippen LogP contribution in [-0.4, -0.2) is 34.8 Å². The summed E-state index contributed by atoms with van der Waals surface area (Å²) >= 11 is 0. The maximum atomic E-state index is 11.5. The Labute approximate surface area is 145 Å². The minimum atomic E-state index is -3.31. The van der Waals surface area contributed by atoms with Crippen LogP contribution in [0.25, 0.3) is 11.1 Å². The molecule has 8 nitrogen and oxygen atoms in total. The van der Waals surface area contributed by atoms with Gasteiger partial charge in [-0.25, -0.2) is 18.5 Å². The Morgan fingerprint density at radius 1 is 1.16 bits per heavy atom. The Morgan fingerprint density at radius 3 is 2.32 bits per heavy atom. The van der Waals surface area contributed by atoms with E-state index >= 15 is 0 Å². The van der Waals surface area contributed by atoms with Crippen molar-refractivity contribution in [2.24, 2.45) is 0 Å². The van der Waals surface area contributed by atoms with Gasteiger partial charge in [-0.1, -0.05) is 0 Å². The third kappa shape index (κ3) is 3.61. The SMILES string of the molecule is Cc1cc(Nc2n[nH]c(N)n2)cc(C)c1-c1ccc(S(C)(=O)=O)nc1. The number of hydrogen-bond acceptors (Lipinski definition) is 7. The van der Waals surface area contributed by atoms with Crippen LogP contribution in [0, 0.1) is 13.8 Å². The summed E-state index contributed by atoms with van der Waals surface area (Å²) in [4.78, 5) is 8.07. The van der Waals surface area contributed by atoms with E-state index in [1.165, 1.54) is 6.07 Å². The summed E-state index contributed by atoms with van der Waals surface area (Å²) in [6, 6.07) is 7.20. The fraction of sp³-hybridized carbons (Fsp3) is 0.188. The van der Waals surface area contributed by atoms with Crippen LogP contribution in [0.15, 0.2) is 35.5 Å². The molecule has 130 valence electrons. The van der Waals surface area contributed by atoms with Crippen molar-refractivity contribution in [3.8, 4) is 11.1 Å². The van der Waals surface area contributed by atoms with Crippen LogP contribution in [0.5, 0.6) is 0 Å². The molecule has 0 aliphatic rings. The van der Waals surface area contributed by atoms with Crippen molar-refractivity contribution in [1.29, 1.82) is 0 Å². The molecule has 0 aliphatic carbocycles. The number of hydrogen-bond donors (Lipinski definition) is 3. The first-order chi connectivity index (χ1) is 11.7. The molecule has 0 saturated carbocycles. The van der Waals surface area contributed by atoms with E-state index in [-0.39, 0.29) is 11.0 Å². The molecule has 0 radical (unpaired) electrons. The first-order valence-corrected chi connectivity index (χ1v) is 9.36. The van der Waals surface area contributed by atoms with Gasteiger partial charge in [0.2, 0.25) is 11.9 Å². The summed E-state index contributed by atoms with van der Waals surface area (Å²) < 4.78 is 23.1. The third-order valence-corrected chi connectivity index (χ3v) is 4.70. The number of pyridine rings is 1. The van der Waals surface area contributed by atoms with E-state index < -0.39 is 9.84 Å². The van der Waals surface area contributed by atoms with Gasteiger partial charge in [-0.3, -0.25) is 0 Å². The van der Waals surface area contributed by atoms with Crippen molar-refractivity contribution in [2.75, 3.05) is 17.3 Å². The molecule has 0 saturated heterocycles. The van der Waals surface area contributed by atoms with Crippen molar-refractivity contribution in [3.05, 3.63) is 41.6 Å². The smallest absolute Gasteiger partial charge is 0.248 e. The number of nitrogen functional groups attached to an aromatic ring is 1. The number of anilines is 3. The highest BCUT2D eigenvalue weighted by molar-refractivity contribution is 7.90. The number of aromatic amines is 1. The second-order valence-corrected chi connectivity index (χ2v) is 7.77. The third-order valence-electron chi connectivity index (χ3n) is 3.70. The zero-order chi connectivity index (χ0) is 18.2. The van der Waals surface area contributed by atoms with Gasteiger partial charge in [0, 0.05) is 23.7 Å². The number of sulfone groups is 1. The number of aromatic nitrogens is 4. The maximum Gasteiger partial charge on any atom is 0.248 e. The number of rotatable bonds is 4. The van der Waals surface area contributed by atoms with E-state index in [0.29, 0.717) is 5.95 Å². The Bertz CT molecular complexity index is 1000. The molecular formula is C16H18N6O2S. The molecule has 2 heterocycles. The number of nitrogens with zero attached hydrogens (tertiary/aromatic N) is 3. The molecule has 1 aromatic carbocycles. The Hall–Kier alpha value is -2.94. The number of benzene rings is 1. The van der Waals surface area contributed by atoms with Gasteiger partial charge in [-0.05, 0) is 54.8 Å². The van der Waals surface area contributed by atoms with Gasteiger partial charge in [-0.2, -0.15) is 4.98 Å². The molecule has 0 aliphatic heterocycles. The van der Waals surface area contributed by atoms with E-state index in [4.69, 9.17) is 5.73 Å². The predicted octanol–water partition coefficient (Wildman–Crippen LogP) is 2.21. The molecule has 4 N–H and O–H groups in total. The van der Waals surface area contributed by atoms with E-state index in [0.717, 1.165) is 34.2 Å². The van der Waals surface area contributed by atoms with Crippen molar-refractivity contribution in [1.82, 2.24) is 20.2 Å². The molecular weight excluding hydrogens is 340 g/mol. The number of nitrogens with one attached hydrogen (secondary N) is 2. The summed E-state index contributed by atoms with van der Waals surface area (Å²) in [6.45, 7) is 3.95. The molecule has 3 aromatic rings. The van der Waals surface area contributed by atoms with E-state index in [2.05, 4.69) is 25.5 Å². The Balaban J connectivity index is 1.95. The highest BCUT2D eigenvalue weighted by Gasteiger charge is 2.12. The lowest BCUT2D eigenvalue weighted by molar-refractivity contribution is 0.598. The molecule has 0 fully saturated rings. The highest BCUT2D eigenvalue weighted by atomic mass is 32.2. The standard InChI is InChI=1S/C16H18N6O2S/c1-9-6-12(19-16-20-15(17)21-22-16)7-10(2)14(9)11-4-5-13(18-8-11)25(3,23)24/h4-8H,1-3H3,(H4,17,19,20,21,22). The molecule has 0 bridgehead atoms. The normalized spacial score (nSPS) is 11.5. The van der Waals surface area contributed by atoms with Gasteiger partial charge in [0.1, 0.15) is 0 Å². The molecule has 3 rings (SSSR count). The second-order valence-electron chi connectivity index (χ2n) is 5.81. The molecule has 0 unspecified atom stereocenters. The summed E-state index contributed by atoms with van der Waals surface area (Å²) in [6.07, 6.45) is 2.72. The number of H-pyrrole nitrogens is 1. The van der Waals surface area contributed by atoms with Crippen LogP contribution in [0.2, 0.25) is 0 Å². The maximum absolute atomic E-state index is 11.5. The van der Waals surface area contributed by atoms with E-state index in [1.54, 1.807) is 12.3 Å². The zero-order valence-electron chi connectivity index (χ0n) is 14.0. The number of nitrogens with two attached hydrogens (primary N) is 1. The zero-order valence-corrected chi connectivity index (χ0v) is 14.8. The topological polar surface area (TPSA) is 127 Å². The summed E-state index contributed by atoms with van der Waals surface area (Å²) in [5.74, 6) is 0.632. The van der Waals surface area contributed by atoms with Crippen molar-refractivity contribution in [3.63, 3.8) is 0 Å². The minimum absolute atomic E-state index is 0.0621. The Morgan fingerprint density at radius 2 is 1.84 bits per heavy atom. The fourth-order valence-corrected chi connectivity index (χ4v) is 3.26. The van der Waals surface area contributed by atoms with Crippen LogP contribution in [0.3, 0.4) is 0 Å². The first kappa shape index (κ1) is 16.9. The first-order valence-electron chi connectivity index (χ1n) is 7.46. The monoisotopic (exact) mass is 358 g/mol. The lowest BCUT2D eigenvalue weighted by atomic mass is 9.96. The fourth-order valence-electron chi connectivity index (χ4n) is 2.70. The predicted molar refractivity (Wildman–Crippen MR) is 96.3 cm³/mol. The second kappa shape index (κ2) is 6.17. The van der Waals surface area contributed by atoms with Gasteiger partial charge >= 0.3 is 0 Å². The van der Waals surface area contributed by atoms with Crippen LogP contribution >= 0.6 is 0 Å². The average Bonchev–Trinajstić information content (AvgIpc) is 2.91. The van der Waals surface area contributed by atoms with Crippen molar-refractivity contribution < 1.29 is 8.42 Å². The lowest BCUT2D eigenvalue weighted by Crippen LogP contribution is -2.01. The molecule has 0 spiro atoms. The van der Waals surface area contributed by atoms with Crippen LogP contribution in [0.4, 0.5) is 17.6 Å².